The van der Waals surface area contributed by atoms with Gasteiger partial charge in [0.2, 0.25) is 15.9 Å². The van der Waals surface area contributed by atoms with Gasteiger partial charge in [-0.1, -0.05) is 17.3 Å². The van der Waals surface area contributed by atoms with Gasteiger partial charge in [-0.15, -0.1) is 5.10 Å². The molecule has 31 heavy (non-hydrogen) atoms. The first kappa shape index (κ1) is 22.7. The van der Waals surface area contributed by atoms with Crippen LogP contribution < -0.4 is 20.4 Å². The minimum atomic E-state index is -3.51. The van der Waals surface area contributed by atoms with Gasteiger partial charge in [-0.05, 0) is 18.1 Å². The molecule has 1 atom stereocenters. The van der Waals surface area contributed by atoms with Crippen molar-refractivity contribution in [3.63, 3.8) is 0 Å². The van der Waals surface area contributed by atoms with E-state index in [1.807, 2.05) is 0 Å². The van der Waals surface area contributed by atoms with Gasteiger partial charge in [0.25, 0.3) is 0 Å². The maximum absolute atomic E-state index is 12.3. The third-order valence-corrected chi connectivity index (χ3v) is 5.80. The smallest absolute Gasteiger partial charge is 0.534 e. The molecule has 0 unspecified atom stereocenters. The Morgan fingerprint density at radius 2 is 2.16 bits per heavy atom. The Morgan fingerprint density at radius 3 is 2.87 bits per heavy atom. The number of carbonyl (C=O) groups is 2. The molecule has 1 aliphatic rings. The van der Waals surface area contributed by atoms with E-state index in [0.29, 0.717) is 11.3 Å². The molecule has 166 valence electrons. The summed E-state index contributed by atoms with van der Waals surface area (Å²) in [5.41, 5.74) is 6.01. The molecule has 2 aromatic rings. The number of carboxylic acids is 1. The van der Waals surface area contributed by atoms with Gasteiger partial charge in [-0.25, -0.2) is 22.6 Å². The van der Waals surface area contributed by atoms with Crippen LogP contribution in [0.2, 0.25) is 0 Å². The predicted octanol–water partition coefficient (Wildman–Crippen LogP) is -2.51. The van der Waals surface area contributed by atoms with Gasteiger partial charge < -0.3 is 25.8 Å². The number of carbonyl (C=O) groups excluding carboxylic acids is 1. The highest BCUT2D eigenvalue weighted by Gasteiger charge is 2.37. The average Bonchev–Trinajstić information content (AvgIpc) is 3.13. The van der Waals surface area contributed by atoms with Crippen LogP contribution in [0.25, 0.3) is 0 Å². The number of amides is 1. The quantitative estimate of drug-likeness (QED) is 0.253. The Labute approximate surface area is 177 Å². The van der Waals surface area contributed by atoms with Gasteiger partial charge in [0.15, 0.2) is 0 Å². The van der Waals surface area contributed by atoms with Gasteiger partial charge in [0.1, 0.15) is 12.3 Å². The second-order valence-electron chi connectivity index (χ2n) is 6.82. The molecule has 0 fully saturated rings. The number of sulfonamides is 1. The molecule has 13 nitrogen and oxygen atoms in total. The minimum Gasteiger partial charge on any atom is -0.534 e. The zero-order valence-electron chi connectivity index (χ0n) is 16.3. The third-order valence-electron chi connectivity index (χ3n) is 4.45. The van der Waals surface area contributed by atoms with Gasteiger partial charge in [0, 0.05) is 6.54 Å². The van der Waals surface area contributed by atoms with Crippen molar-refractivity contribution in [3.05, 3.63) is 41.2 Å². The molecule has 1 aromatic heterocycles. The van der Waals surface area contributed by atoms with E-state index >= 15 is 0 Å². The summed E-state index contributed by atoms with van der Waals surface area (Å²) >= 11 is 0. The maximum atomic E-state index is 12.3. The van der Waals surface area contributed by atoms with Crippen LogP contribution in [0, 0.1) is 0 Å². The largest absolute Gasteiger partial charge is 0.547 e. The van der Waals surface area contributed by atoms with E-state index in [1.54, 1.807) is 12.1 Å². The molecule has 0 bridgehead atoms. The van der Waals surface area contributed by atoms with Gasteiger partial charge >= 0.3 is 13.1 Å². The zero-order valence-corrected chi connectivity index (χ0v) is 17.1. The van der Waals surface area contributed by atoms with E-state index in [2.05, 4.69) is 20.4 Å². The number of carboxylic acid groups (broad SMARTS) is 1. The molecule has 1 aromatic carbocycles. The molecule has 2 heterocycles. The maximum Gasteiger partial charge on any atom is 0.547 e. The number of hydrogen-bond donors (Lipinski definition) is 5. The van der Waals surface area contributed by atoms with Crippen molar-refractivity contribution in [3.8, 4) is 5.75 Å². The molecular weight excluding hydrogens is 431 g/mol. The van der Waals surface area contributed by atoms with Crippen LogP contribution in [0.4, 0.5) is 0 Å². The van der Waals surface area contributed by atoms with Crippen LogP contribution in [-0.2, 0) is 34.3 Å². The molecule has 0 radical (unpaired) electrons. The Morgan fingerprint density at radius 1 is 1.39 bits per heavy atom. The number of nitrogens with one attached hydrogen (secondary N) is 2. The second-order valence-corrected chi connectivity index (χ2v) is 8.75. The van der Waals surface area contributed by atoms with Crippen molar-refractivity contribution in [1.29, 1.82) is 0 Å². The van der Waals surface area contributed by atoms with Gasteiger partial charge in [-0.2, -0.15) is 0 Å². The Hall–Kier alpha value is -3.01. The topological polar surface area (TPSA) is 199 Å². The van der Waals surface area contributed by atoms with Crippen LogP contribution in [0.1, 0.15) is 21.6 Å². The fourth-order valence-corrected chi connectivity index (χ4v) is 3.85. The molecule has 0 saturated heterocycles. The molecule has 0 saturated carbocycles. The highest BCUT2D eigenvalue weighted by molar-refractivity contribution is 7.89. The molecule has 0 aliphatic carbocycles. The van der Waals surface area contributed by atoms with Crippen molar-refractivity contribution in [1.82, 2.24) is 25.0 Å². The fraction of sp³-hybridized carbons (Fsp3) is 0.375. The van der Waals surface area contributed by atoms with E-state index in [1.165, 1.54) is 16.9 Å². The lowest BCUT2D eigenvalue weighted by Gasteiger charge is -2.28. The van der Waals surface area contributed by atoms with Crippen LogP contribution >= 0.6 is 0 Å². The van der Waals surface area contributed by atoms with Crippen LogP contribution in [0.5, 0.6) is 5.75 Å². The van der Waals surface area contributed by atoms with Crippen LogP contribution in [0.3, 0.4) is 0 Å². The number of nitrogens with zero attached hydrogens (tertiary/aromatic N) is 3. The zero-order chi connectivity index (χ0) is 22.6. The van der Waals surface area contributed by atoms with E-state index in [0.717, 1.165) is 0 Å². The summed E-state index contributed by atoms with van der Waals surface area (Å²) in [6.45, 7) is -0.337. The van der Waals surface area contributed by atoms with Crippen LogP contribution in [0.15, 0.2) is 24.4 Å². The lowest BCUT2D eigenvalue weighted by molar-refractivity contribution is -0.122. The summed E-state index contributed by atoms with van der Waals surface area (Å²) in [5, 5.41) is 29.6. The molecule has 15 heteroatoms. The van der Waals surface area contributed by atoms with E-state index < -0.39 is 35.0 Å². The summed E-state index contributed by atoms with van der Waals surface area (Å²) in [5.74, 6) is -2.61. The van der Waals surface area contributed by atoms with Gasteiger partial charge in [-0.3, -0.25) is 4.79 Å². The summed E-state index contributed by atoms with van der Waals surface area (Å²) in [6.07, 6.45) is 1.58. The number of fused-ring (bicyclic) bond motifs is 1. The Kier molecular flexibility index (Phi) is 6.89. The lowest BCUT2D eigenvalue weighted by Crippen LogP contribution is -2.53. The first-order valence-corrected chi connectivity index (χ1v) is 10.9. The summed E-state index contributed by atoms with van der Waals surface area (Å²) < 4.78 is 32.1. The van der Waals surface area contributed by atoms with Crippen molar-refractivity contribution in [2.24, 2.45) is 5.73 Å². The molecule has 0 spiro atoms. The van der Waals surface area contributed by atoms with E-state index in [9.17, 15) is 28.1 Å². The number of benzene rings is 1. The normalized spacial score (nSPS) is 15.8. The highest BCUT2D eigenvalue weighted by atomic mass is 32.2. The SMILES string of the molecule is NCCS(=O)(=O)NCc1cn(CC(=O)N[C@H]2Cc3cccc(C(=O)O)c3OB2O)nn1. The lowest BCUT2D eigenvalue weighted by atomic mass is 9.72. The van der Waals surface area contributed by atoms with Crippen molar-refractivity contribution < 1.29 is 32.8 Å². The Bertz CT molecular complexity index is 1080. The van der Waals surface area contributed by atoms with E-state index in [-0.39, 0.29) is 43.1 Å². The second kappa shape index (κ2) is 9.42. The first-order chi connectivity index (χ1) is 14.7. The number of aromatic nitrogens is 3. The predicted molar refractivity (Wildman–Crippen MR) is 107 cm³/mol. The minimum absolute atomic E-state index is 0.0129. The standard InChI is InChI=1S/C16H21BN6O7S/c18-4-5-31(28,29)19-7-11-8-23(22-21-11)9-14(24)20-13-6-10-2-1-3-12(16(25)26)15(10)30-17(13)27/h1-3,8,13,19,27H,4-7,9,18H2,(H,20,24)(H,25,26)/t13-/m0/s1. The fourth-order valence-electron chi connectivity index (χ4n) is 3.02. The monoisotopic (exact) mass is 452 g/mol. The number of rotatable bonds is 9. The Balaban J connectivity index is 1.57. The molecule has 3 rings (SSSR count). The number of aromatic carboxylic acids is 1. The summed E-state index contributed by atoms with van der Waals surface area (Å²) in [6, 6.07) is 4.58. The van der Waals surface area contributed by atoms with Crippen molar-refractivity contribution >= 4 is 29.0 Å². The van der Waals surface area contributed by atoms with Crippen molar-refractivity contribution in [2.45, 2.75) is 25.5 Å². The molecule has 6 N–H and O–H groups in total. The third kappa shape index (κ3) is 5.78. The number of hydrogen-bond acceptors (Lipinski definition) is 9. The molecular formula is C16H21BN6O7S. The van der Waals surface area contributed by atoms with Crippen molar-refractivity contribution in [2.75, 3.05) is 12.3 Å². The first-order valence-electron chi connectivity index (χ1n) is 9.24. The molecule has 1 amide bonds. The average molecular weight is 452 g/mol. The summed E-state index contributed by atoms with van der Waals surface area (Å²) in [4.78, 5) is 23.6. The number of para-hydroxylation sites is 1. The van der Waals surface area contributed by atoms with E-state index in [4.69, 9.17) is 10.4 Å². The number of nitrogens with two attached hydrogens (primary N) is 1. The molecule has 1 aliphatic heterocycles. The summed E-state index contributed by atoms with van der Waals surface area (Å²) in [7, 11) is -4.94. The highest BCUT2D eigenvalue weighted by Crippen LogP contribution is 2.30. The van der Waals surface area contributed by atoms with Gasteiger partial charge in [0.05, 0.1) is 35.7 Å². The van der Waals surface area contributed by atoms with Crippen LogP contribution in [-0.4, -0.2) is 70.8 Å².